The summed E-state index contributed by atoms with van der Waals surface area (Å²) in [6.45, 7) is 10.5. The summed E-state index contributed by atoms with van der Waals surface area (Å²) in [6, 6.07) is 0. The molecular weight excluding hydrogens is 204 g/mol. The van der Waals surface area contributed by atoms with Crippen LogP contribution in [0, 0.1) is 0 Å². The van der Waals surface area contributed by atoms with Crippen molar-refractivity contribution in [2.75, 3.05) is 0 Å². The number of aliphatic hydroxyl groups is 1. The zero-order valence-electron chi connectivity index (χ0n) is 11.0. The molecule has 0 aliphatic carbocycles. The average molecular weight is 226 g/mol. The van der Waals surface area contributed by atoms with E-state index in [4.69, 9.17) is 4.74 Å². The number of carbonyl (C=O) groups excluding carboxylic acids is 1. The van der Waals surface area contributed by atoms with E-state index in [-0.39, 0.29) is 12.1 Å². The molecule has 0 aliphatic heterocycles. The van der Waals surface area contributed by atoms with Crippen LogP contribution in [0.1, 0.15) is 41.5 Å². The topological polar surface area (TPSA) is 46.5 Å². The highest BCUT2D eigenvalue weighted by Crippen LogP contribution is 2.16. The van der Waals surface area contributed by atoms with Gasteiger partial charge in [0.2, 0.25) is 0 Å². The number of hydrogen-bond acceptors (Lipinski definition) is 3. The molecule has 0 aromatic rings. The fraction of sp³-hybridized carbons (Fsp3) is 0.615. The molecule has 1 N–H and O–H groups in total. The summed E-state index contributed by atoms with van der Waals surface area (Å²) < 4.78 is 5.11. The Kier molecular flexibility index (Phi) is 5.45. The summed E-state index contributed by atoms with van der Waals surface area (Å²) in [4.78, 5) is 10.9. The van der Waals surface area contributed by atoms with Crippen molar-refractivity contribution in [2.45, 2.75) is 53.2 Å². The monoisotopic (exact) mass is 226 g/mol. The standard InChI is InChI=1S/C13H22O3/c1-9(2)12(7-8-13(5,6)15)10(3)16-11(4)14/h7-8,10,15H,1-6H3/b8-7-. The van der Waals surface area contributed by atoms with Gasteiger partial charge in [-0.15, -0.1) is 0 Å². The highest BCUT2D eigenvalue weighted by atomic mass is 16.5. The quantitative estimate of drug-likeness (QED) is 0.592. The van der Waals surface area contributed by atoms with Gasteiger partial charge in [-0.3, -0.25) is 4.79 Å². The van der Waals surface area contributed by atoms with Crippen molar-refractivity contribution >= 4 is 5.97 Å². The summed E-state index contributed by atoms with van der Waals surface area (Å²) in [5.74, 6) is -0.303. The second-order valence-corrected chi connectivity index (χ2v) is 4.69. The van der Waals surface area contributed by atoms with Crippen LogP contribution in [0.5, 0.6) is 0 Å². The predicted molar refractivity (Wildman–Crippen MR) is 65.0 cm³/mol. The first-order valence-electron chi connectivity index (χ1n) is 5.39. The van der Waals surface area contributed by atoms with Gasteiger partial charge < -0.3 is 9.84 Å². The van der Waals surface area contributed by atoms with E-state index in [0.29, 0.717) is 0 Å². The maximum absolute atomic E-state index is 10.9. The molecule has 0 fully saturated rings. The average Bonchev–Trinajstić information content (AvgIpc) is 1.99. The number of ether oxygens (including phenoxy) is 1. The molecule has 1 atom stereocenters. The van der Waals surface area contributed by atoms with E-state index < -0.39 is 5.60 Å². The van der Waals surface area contributed by atoms with Crippen molar-refractivity contribution in [3.05, 3.63) is 23.3 Å². The SMILES string of the molecule is CC(=O)OC(C)C(/C=C\C(C)(C)O)=C(C)C. The van der Waals surface area contributed by atoms with E-state index in [2.05, 4.69) is 0 Å². The van der Waals surface area contributed by atoms with Crippen molar-refractivity contribution in [2.24, 2.45) is 0 Å². The molecule has 0 aromatic carbocycles. The third-order valence-electron chi connectivity index (χ3n) is 2.03. The second-order valence-electron chi connectivity index (χ2n) is 4.69. The van der Waals surface area contributed by atoms with Crippen LogP contribution in [-0.2, 0) is 9.53 Å². The van der Waals surface area contributed by atoms with Gasteiger partial charge in [-0.25, -0.2) is 0 Å². The lowest BCUT2D eigenvalue weighted by molar-refractivity contribution is -0.143. The number of carbonyl (C=O) groups is 1. The first-order valence-corrected chi connectivity index (χ1v) is 5.39. The Morgan fingerprint density at radius 1 is 1.31 bits per heavy atom. The summed E-state index contributed by atoms with van der Waals surface area (Å²) in [6.07, 6.45) is 3.21. The van der Waals surface area contributed by atoms with E-state index in [1.54, 1.807) is 19.9 Å². The third-order valence-corrected chi connectivity index (χ3v) is 2.03. The first-order chi connectivity index (χ1) is 7.13. The zero-order valence-corrected chi connectivity index (χ0v) is 11.0. The Morgan fingerprint density at radius 2 is 1.81 bits per heavy atom. The van der Waals surface area contributed by atoms with Gasteiger partial charge in [-0.1, -0.05) is 17.7 Å². The minimum Gasteiger partial charge on any atom is -0.458 e. The highest BCUT2D eigenvalue weighted by Gasteiger charge is 2.13. The molecule has 0 saturated heterocycles. The molecule has 0 heterocycles. The first kappa shape index (κ1) is 14.9. The van der Waals surface area contributed by atoms with Gasteiger partial charge in [0, 0.05) is 6.92 Å². The Labute approximate surface area is 97.8 Å². The minimum absolute atomic E-state index is 0.291. The van der Waals surface area contributed by atoms with Crippen LogP contribution in [0.25, 0.3) is 0 Å². The molecule has 0 radical (unpaired) electrons. The zero-order chi connectivity index (χ0) is 12.9. The molecular formula is C13H22O3. The van der Waals surface area contributed by atoms with Crippen LogP contribution >= 0.6 is 0 Å². The molecule has 0 bridgehead atoms. The van der Waals surface area contributed by atoms with Crippen molar-refractivity contribution in [3.8, 4) is 0 Å². The van der Waals surface area contributed by atoms with Crippen molar-refractivity contribution in [3.63, 3.8) is 0 Å². The molecule has 0 aromatic heterocycles. The summed E-state index contributed by atoms with van der Waals surface area (Å²) in [7, 11) is 0. The molecule has 0 aliphatic rings. The Morgan fingerprint density at radius 3 is 2.12 bits per heavy atom. The summed E-state index contributed by atoms with van der Waals surface area (Å²) >= 11 is 0. The number of rotatable bonds is 4. The Hall–Kier alpha value is -1.09. The van der Waals surface area contributed by atoms with Crippen LogP contribution in [0.15, 0.2) is 23.3 Å². The maximum Gasteiger partial charge on any atom is 0.303 e. The maximum atomic E-state index is 10.9. The third kappa shape index (κ3) is 6.40. The molecule has 3 heteroatoms. The smallest absolute Gasteiger partial charge is 0.303 e. The number of allylic oxidation sites excluding steroid dienone is 1. The van der Waals surface area contributed by atoms with Crippen molar-refractivity contribution in [1.29, 1.82) is 0 Å². The summed E-state index contributed by atoms with van der Waals surface area (Å²) in [5.41, 5.74) is 1.11. The second kappa shape index (κ2) is 5.85. The van der Waals surface area contributed by atoms with Gasteiger partial charge in [0.25, 0.3) is 0 Å². The minimum atomic E-state index is -0.864. The lowest BCUT2D eigenvalue weighted by Crippen LogP contribution is -2.17. The van der Waals surface area contributed by atoms with Gasteiger partial charge >= 0.3 is 5.97 Å². The van der Waals surface area contributed by atoms with E-state index in [1.807, 2.05) is 26.8 Å². The van der Waals surface area contributed by atoms with Crippen LogP contribution in [0.4, 0.5) is 0 Å². The summed E-state index contributed by atoms with van der Waals surface area (Å²) in [5, 5.41) is 9.59. The molecule has 0 rings (SSSR count). The van der Waals surface area contributed by atoms with Crippen LogP contribution in [-0.4, -0.2) is 22.8 Å². The van der Waals surface area contributed by atoms with Crippen molar-refractivity contribution < 1.29 is 14.6 Å². The van der Waals surface area contributed by atoms with Gasteiger partial charge in [0.1, 0.15) is 6.10 Å². The molecule has 3 nitrogen and oxygen atoms in total. The van der Waals surface area contributed by atoms with Crippen LogP contribution < -0.4 is 0 Å². The number of esters is 1. The normalized spacial score (nSPS) is 13.7. The van der Waals surface area contributed by atoms with E-state index in [9.17, 15) is 9.90 Å². The fourth-order valence-electron chi connectivity index (χ4n) is 1.31. The van der Waals surface area contributed by atoms with E-state index in [1.165, 1.54) is 6.92 Å². The lowest BCUT2D eigenvalue weighted by Gasteiger charge is -2.17. The van der Waals surface area contributed by atoms with Gasteiger partial charge in [0.15, 0.2) is 0 Å². The lowest BCUT2D eigenvalue weighted by atomic mass is 10.0. The molecule has 92 valence electrons. The van der Waals surface area contributed by atoms with Crippen LogP contribution in [0.3, 0.4) is 0 Å². The highest BCUT2D eigenvalue weighted by molar-refractivity contribution is 5.66. The van der Waals surface area contributed by atoms with Crippen LogP contribution in [0.2, 0.25) is 0 Å². The van der Waals surface area contributed by atoms with Gasteiger partial charge in [-0.2, -0.15) is 0 Å². The largest absolute Gasteiger partial charge is 0.458 e. The molecule has 0 saturated carbocycles. The molecule has 0 spiro atoms. The molecule has 16 heavy (non-hydrogen) atoms. The van der Waals surface area contributed by atoms with Gasteiger partial charge in [0.05, 0.1) is 5.60 Å². The fourth-order valence-corrected chi connectivity index (χ4v) is 1.31. The van der Waals surface area contributed by atoms with Crippen molar-refractivity contribution in [1.82, 2.24) is 0 Å². The molecule has 0 amide bonds. The predicted octanol–water partition coefficient (Wildman–Crippen LogP) is 2.60. The number of hydrogen-bond donors (Lipinski definition) is 1. The molecule has 1 unspecified atom stereocenters. The van der Waals surface area contributed by atoms with E-state index in [0.717, 1.165) is 11.1 Å². The van der Waals surface area contributed by atoms with E-state index >= 15 is 0 Å². The Bertz CT molecular complexity index is 302. The Balaban J connectivity index is 4.86. The van der Waals surface area contributed by atoms with Gasteiger partial charge in [-0.05, 0) is 40.2 Å².